The van der Waals surface area contributed by atoms with Gasteiger partial charge in [0, 0.05) is 31.1 Å². The molecule has 0 aromatic carbocycles. The third-order valence-corrected chi connectivity index (χ3v) is 5.09. The minimum absolute atomic E-state index is 0.00852. The highest BCUT2D eigenvalue weighted by Gasteiger charge is 2.40. The average Bonchev–Trinajstić information content (AvgIpc) is 2.74. The normalized spacial score (nSPS) is 26.1. The van der Waals surface area contributed by atoms with Gasteiger partial charge < -0.3 is 9.47 Å². The second-order valence-electron chi connectivity index (χ2n) is 6.02. The van der Waals surface area contributed by atoms with Gasteiger partial charge in [0.1, 0.15) is 0 Å². The lowest BCUT2D eigenvalue weighted by Gasteiger charge is -2.43. The third kappa shape index (κ3) is 2.49. The van der Waals surface area contributed by atoms with Crippen LogP contribution >= 0.6 is 11.6 Å². The smallest absolute Gasteiger partial charge is 0.0746 e. The lowest BCUT2D eigenvalue weighted by molar-refractivity contribution is -0.145. The minimum Gasteiger partial charge on any atom is -0.381 e. The molecule has 5 heteroatoms. The van der Waals surface area contributed by atoms with E-state index in [9.17, 15) is 0 Å². The number of ether oxygens (including phenoxy) is 2. The highest BCUT2D eigenvalue weighted by Crippen LogP contribution is 2.39. The Balaban J connectivity index is 1.83. The number of nitrogens with zero attached hydrogens (tertiary/aromatic N) is 2. The summed E-state index contributed by atoms with van der Waals surface area (Å²) in [6.07, 6.45) is 4.09. The summed E-state index contributed by atoms with van der Waals surface area (Å²) < 4.78 is 13.8. The van der Waals surface area contributed by atoms with Crippen molar-refractivity contribution in [2.45, 2.75) is 57.1 Å². The van der Waals surface area contributed by atoms with E-state index in [1.807, 2.05) is 6.92 Å². The first kappa shape index (κ1) is 14.4. The van der Waals surface area contributed by atoms with Crippen LogP contribution in [0.3, 0.4) is 0 Å². The van der Waals surface area contributed by atoms with Crippen molar-refractivity contribution in [3.63, 3.8) is 0 Å². The predicted molar refractivity (Wildman–Crippen MR) is 78.3 cm³/mol. The van der Waals surface area contributed by atoms with Crippen molar-refractivity contribution in [3.8, 4) is 0 Å². The monoisotopic (exact) mass is 298 g/mol. The lowest BCUT2D eigenvalue weighted by atomic mass is 9.84. The summed E-state index contributed by atoms with van der Waals surface area (Å²) in [7, 11) is 0. The topological polar surface area (TPSA) is 36.3 Å². The summed E-state index contributed by atoms with van der Waals surface area (Å²) >= 11 is 6.04. The first-order valence-corrected chi connectivity index (χ1v) is 8.01. The van der Waals surface area contributed by atoms with Gasteiger partial charge in [0.25, 0.3) is 0 Å². The van der Waals surface area contributed by atoms with E-state index in [2.05, 4.69) is 11.6 Å². The molecular weight excluding hydrogens is 276 g/mol. The van der Waals surface area contributed by atoms with Gasteiger partial charge in [0.15, 0.2) is 0 Å². The number of rotatable bonds is 2. The number of aryl methyl sites for hydroxylation is 1. The van der Waals surface area contributed by atoms with Gasteiger partial charge in [0.05, 0.1) is 23.2 Å². The molecule has 2 aliphatic heterocycles. The molecule has 0 radical (unpaired) electrons. The van der Waals surface area contributed by atoms with E-state index in [4.69, 9.17) is 26.2 Å². The van der Waals surface area contributed by atoms with E-state index in [0.29, 0.717) is 11.9 Å². The van der Waals surface area contributed by atoms with Crippen molar-refractivity contribution < 1.29 is 9.47 Å². The zero-order chi connectivity index (χ0) is 14.2. The molecule has 1 aromatic heterocycles. The molecule has 3 heterocycles. The van der Waals surface area contributed by atoms with Gasteiger partial charge in [-0.3, -0.25) is 4.68 Å². The van der Waals surface area contributed by atoms with E-state index in [-0.39, 0.29) is 5.60 Å². The molecule has 2 aliphatic rings. The van der Waals surface area contributed by atoms with Crippen LogP contribution in [0.5, 0.6) is 0 Å². The number of alkyl halides is 1. The highest BCUT2D eigenvalue weighted by molar-refractivity contribution is 6.17. The SMILES string of the molecule is Cc1nn(C2CCOC3(CCOCC3)C2)c(C)c1CCl. The Morgan fingerprint density at radius 2 is 2.05 bits per heavy atom. The van der Waals surface area contributed by atoms with Gasteiger partial charge in [-0.15, -0.1) is 11.6 Å². The molecule has 1 atom stereocenters. The molecule has 112 valence electrons. The fourth-order valence-corrected chi connectivity index (χ4v) is 3.94. The van der Waals surface area contributed by atoms with Crippen LogP contribution in [0.1, 0.15) is 48.7 Å². The van der Waals surface area contributed by atoms with E-state index in [1.165, 1.54) is 11.3 Å². The largest absolute Gasteiger partial charge is 0.381 e. The maximum absolute atomic E-state index is 6.11. The predicted octanol–water partition coefficient (Wildman–Crippen LogP) is 3.14. The standard InChI is InChI=1S/C15H23ClN2O2/c1-11-14(10-16)12(2)18(17-11)13-3-6-20-15(9-13)4-7-19-8-5-15/h13H,3-10H2,1-2H3. The number of hydrogen-bond donors (Lipinski definition) is 0. The van der Waals surface area contributed by atoms with Crippen molar-refractivity contribution in [2.24, 2.45) is 0 Å². The van der Waals surface area contributed by atoms with Crippen LogP contribution in [-0.2, 0) is 15.4 Å². The molecule has 0 aliphatic carbocycles. The third-order valence-electron chi connectivity index (χ3n) is 4.83. The fraction of sp³-hybridized carbons (Fsp3) is 0.800. The Morgan fingerprint density at radius 1 is 1.30 bits per heavy atom. The van der Waals surface area contributed by atoms with Gasteiger partial charge in [-0.1, -0.05) is 0 Å². The summed E-state index contributed by atoms with van der Waals surface area (Å²) in [6, 6.07) is 0.428. The Morgan fingerprint density at radius 3 is 2.70 bits per heavy atom. The van der Waals surface area contributed by atoms with Crippen LogP contribution in [0.25, 0.3) is 0 Å². The van der Waals surface area contributed by atoms with Crippen molar-refractivity contribution in [3.05, 3.63) is 17.0 Å². The van der Waals surface area contributed by atoms with Crippen molar-refractivity contribution in [2.75, 3.05) is 19.8 Å². The quantitative estimate of drug-likeness (QED) is 0.787. The molecule has 0 saturated carbocycles. The number of halogens is 1. The Bertz CT molecular complexity index is 475. The summed E-state index contributed by atoms with van der Waals surface area (Å²) in [4.78, 5) is 0. The average molecular weight is 299 g/mol. The molecule has 20 heavy (non-hydrogen) atoms. The van der Waals surface area contributed by atoms with Gasteiger partial charge >= 0.3 is 0 Å². The molecule has 0 bridgehead atoms. The van der Waals surface area contributed by atoms with Gasteiger partial charge in [-0.25, -0.2) is 0 Å². The maximum Gasteiger partial charge on any atom is 0.0746 e. The zero-order valence-corrected chi connectivity index (χ0v) is 13.1. The molecule has 2 saturated heterocycles. The second-order valence-corrected chi connectivity index (χ2v) is 6.29. The first-order chi connectivity index (χ1) is 9.65. The Labute approximate surface area is 125 Å². The van der Waals surface area contributed by atoms with Crippen LogP contribution in [0, 0.1) is 13.8 Å². The van der Waals surface area contributed by atoms with Crippen molar-refractivity contribution in [1.29, 1.82) is 0 Å². The Kier molecular flexibility index (Phi) is 4.07. The molecule has 2 fully saturated rings. The highest BCUT2D eigenvalue weighted by atomic mass is 35.5. The van der Waals surface area contributed by atoms with E-state index in [1.54, 1.807) is 0 Å². The van der Waals surface area contributed by atoms with Crippen LogP contribution in [0.4, 0.5) is 0 Å². The minimum atomic E-state index is 0.00852. The summed E-state index contributed by atoms with van der Waals surface area (Å²) in [5, 5.41) is 4.73. The summed E-state index contributed by atoms with van der Waals surface area (Å²) in [5.41, 5.74) is 3.46. The van der Waals surface area contributed by atoms with Crippen LogP contribution in [0.15, 0.2) is 0 Å². The molecule has 1 unspecified atom stereocenters. The van der Waals surface area contributed by atoms with E-state index in [0.717, 1.165) is 51.2 Å². The van der Waals surface area contributed by atoms with Crippen LogP contribution < -0.4 is 0 Å². The van der Waals surface area contributed by atoms with Gasteiger partial charge in [-0.2, -0.15) is 5.10 Å². The lowest BCUT2D eigenvalue weighted by Crippen LogP contribution is -2.45. The molecule has 4 nitrogen and oxygen atoms in total. The molecule has 1 spiro atoms. The molecule has 1 aromatic rings. The van der Waals surface area contributed by atoms with Gasteiger partial charge in [0.2, 0.25) is 0 Å². The molecule has 3 rings (SSSR count). The van der Waals surface area contributed by atoms with E-state index < -0.39 is 0 Å². The van der Waals surface area contributed by atoms with E-state index >= 15 is 0 Å². The Hall–Kier alpha value is -0.580. The molecule has 0 amide bonds. The van der Waals surface area contributed by atoms with Crippen molar-refractivity contribution in [1.82, 2.24) is 9.78 Å². The fourth-order valence-electron chi connectivity index (χ4n) is 3.55. The van der Waals surface area contributed by atoms with Crippen LogP contribution in [-0.4, -0.2) is 35.2 Å². The molecule has 0 N–H and O–H groups in total. The number of hydrogen-bond acceptors (Lipinski definition) is 3. The second kappa shape index (κ2) is 5.66. The summed E-state index contributed by atoms with van der Waals surface area (Å²) in [6.45, 7) is 6.63. The first-order valence-electron chi connectivity index (χ1n) is 7.47. The van der Waals surface area contributed by atoms with Crippen LogP contribution in [0.2, 0.25) is 0 Å². The number of aromatic nitrogens is 2. The summed E-state index contributed by atoms with van der Waals surface area (Å²) in [5.74, 6) is 0.542. The van der Waals surface area contributed by atoms with Gasteiger partial charge in [-0.05, 0) is 39.5 Å². The maximum atomic E-state index is 6.11. The zero-order valence-electron chi connectivity index (χ0n) is 12.3. The molecular formula is C15H23ClN2O2. The van der Waals surface area contributed by atoms with Crippen molar-refractivity contribution >= 4 is 11.6 Å².